The molecule has 7 aliphatic rings. The molecule has 1 heterocycles. The van der Waals surface area contributed by atoms with E-state index in [0.29, 0.717) is 52.1 Å². The zero-order chi connectivity index (χ0) is 37.3. The van der Waals surface area contributed by atoms with E-state index in [4.69, 9.17) is 4.74 Å². The summed E-state index contributed by atoms with van der Waals surface area (Å²) in [6.07, 6.45) is 20.1. The summed E-state index contributed by atoms with van der Waals surface area (Å²) in [6.45, 7) is 26.4. The van der Waals surface area contributed by atoms with Gasteiger partial charge < -0.3 is 10.1 Å². The Morgan fingerprint density at radius 1 is 0.923 bits per heavy atom. The van der Waals surface area contributed by atoms with Crippen molar-refractivity contribution in [3.05, 3.63) is 23.8 Å². The van der Waals surface area contributed by atoms with Crippen LogP contribution < -0.4 is 5.32 Å². The Kier molecular flexibility index (Phi) is 10.8. The fraction of sp³-hybridized carbons (Fsp3) is 0.889. The number of ether oxygens (including phenoxy) is 1. The van der Waals surface area contributed by atoms with E-state index in [1.165, 1.54) is 69.8 Å². The first-order chi connectivity index (χ1) is 24.5. The Labute approximate surface area is 319 Å². The highest BCUT2D eigenvalue weighted by atomic mass is 32.3. The molecule has 296 valence electrons. The van der Waals surface area contributed by atoms with Gasteiger partial charge in [-0.25, -0.2) is 0 Å². The van der Waals surface area contributed by atoms with Gasteiger partial charge in [0.1, 0.15) is 0 Å². The summed E-state index contributed by atoms with van der Waals surface area (Å²) >= 11 is 0. The molecule has 0 aromatic heterocycles. The molecule has 1 aliphatic heterocycles. The lowest BCUT2D eigenvalue weighted by atomic mass is 9.33. The molecular formula is C45H76N2O4S. The van der Waals surface area contributed by atoms with Gasteiger partial charge in [-0.2, -0.15) is 10.6 Å². The monoisotopic (exact) mass is 741 g/mol. The summed E-state index contributed by atoms with van der Waals surface area (Å²) < 4.78 is 25.7. The van der Waals surface area contributed by atoms with E-state index in [-0.39, 0.29) is 22.8 Å². The van der Waals surface area contributed by atoms with Gasteiger partial charge >= 0.3 is 5.97 Å². The molecule has 3 N–H and O–H groups in total. The van der Waals surface area contributed by atoms with Crippen LogP contribution in [-0.4, -0.2) is 69.8 Å². The number of allylic oxidation sites excluding steroid dienone is 3. The van der Waals surface area contributed by atoms with Gasteiger partial charge in [0.15, 0.2) is 0 Å². The molecular weight excluding hydrogens is 665 g/mol. The molecule has 52 heavy (non-hydrogen) atoms. The average Bonchev–Trinajstić information content (AvgIpc) is 3.48. The third-order valence-electron chi connectivity index (χ3n) is 18.2. The van der Waals surface area contributed by atoms with E-state index in [2.05, 4.69) is 64.4 Å². The van der Waals surface area contributed by atoms with Crippen LogP contribution in [-0.2, 0) is 9.53 Å². The van der Waals surface area contributed by atoms with Gasteiger partial charge in [0.25, 0.3) is 0 Å². The third-order valence-corrected chi connectivity index (χ3v) is 19.8. The molecule has 0 bridgehead atoms. The summed E-state index contributed by atoms with van der Waals surface area (Å²) in [7, 11) is -2.35. The second-order valence-electron chi connectivity index (χ2n) is 20.6. The maximum Gasteiger partial charge on any atom is 0.308 e. The molecule has 7 rings (SSSR count). The molecule has 7 heteroatoms. The van der Waals surface area contributed by atoms with Gasteiger partial charge in [0.2, 0.25) is 0 Å². The predicted octanol–water partition coefficient (Wildman–Crippen LogP) is 10.3. The van der Waals surface area contributed by atoms with Crippen LogP contribution in [0.15, 0.2) is 23.8 Å². The van der Waals surface area contributed by atoms with Gasteiger partial charge in [-0.1, -0.05) is 58.4 Å². The van der Waals surface area contributed by atoms with E-state index >= 15 is 0 Å². The fourth-order valence-electron chi connectivity index (χ4n) is 15.1. The molecule has 6 aliphatic carbocycles. The minimum Gasteiger partial charge on any atom is -0.466 e. The van der Waals surface area contributed by atoms with Gasteiger partial charge in [-0.05, 0) is 161 Å². The van der Waals surface area contributed by atoms with E-state index in [1.807, 2.05) is 6.92 Å². The third kappa shape index (κ3) is 6.52. The number of carbonyl (C=O) groups excluding carboxylic acids is 1. The quantitative estimate of drug-likeness (QED) is 0.161. The van der Waals surface area contributed by atoms with Crippen LogP contribution in [0.3, 0.4) is 0 Å². The molecule has 0 radical (unpaired) electrons. The van der Waals surface area contributed by atoms with Crippen molar-refractivity contribution in [1.82, 2.24) is 10.2 Å². The molecule has 0 aromatic rings. The topological polar surface area (TPSA) is 82.0 Å². The molecule has 1 saturated heterocycles. The highest BCUT2D eigenvalue weighted by Crippen LogP contribution is 2.76. The van der Waals surface area contributed by atoms with Gasteiger partial charge in [-0.15, -0.1) is 0 Å². The summed E-state index contributed by atoms with van der Waals surface area (Å²) in [5.74, 6) is 5.40. The van der Waals surface area contributed by atoms with Gasteiger partial charge in [0.05, 0.1) is 24.0 Å². The second-order valence-corrected chi connectivity index (χ2v) is 23.1. The van der Waals surface area contributed by atoms with Crippen LogP contribution in [0.2, 0.25) is 0 Å². The number of nitrogens with zero attached hydrogens (tertiary/aromatic N) is 1. The summed E-state index contributed by atoms with van der Waals surface area (Å²) in [6, 6.07) is 0. The van der Waals surface area contributed by atoms with Crippen molar-refractivity contribution in [2.45, 2.75) is 144 Å². The maximum atomic E-state index is 12.4. The lowest BCUT2D eigenvalue weighted by Crippen LogP contribution is -2.68. The molecule has 0 spiro atoms. The Balaban J connectivity index is 1.07. The fourth-order valence-corrected chi connectivity index (χ4v) is 16.4. The molecule has 9 atom stereocenters. The van der Waals surface area contributed by atoms with Crippen LogP contribution >= 0.6 is 10.6 Å². The zero-order valence-corrected chi connectivity index (χ0v) is 35.1. The van der Waals surface area contributed by atoms with E-state index in [9.17, 15) is 13.9 Å². The van der Waals surface area contributed by atoms with Crippen molar-refractivity contribution in [1.29, 1.82) is 0 Å². The van der Waals surface area contributed by atoms with Crippen molar-refractivity contribution < 1.29 is 18.6 Å². The van der Waals surface area contributed by atoms with E-state index < -0.39 is 10.6 Å². The van der Waals surface area contributed by atoms with E-state index in [1.54, 1.807) is 5.57 Å². The van der Waals surface area contributed by atoms with Crippen molar-refractivity contribution in [3.8, 4) is 0 Å². The zero-order valence-electron chi connectivity index (χ0n) is 34.2. The first kappa shape index (κ1) is 39.4. The Morgan fingerprint density at radius 2 is 1.63 bits per heavy atom. The lowest BCUT2D eigenvalue weighted by Gasteiger charge is -2.72. The highest BCUT2D eigenvalue weighted by molar-refractivity contribution is 8.24. The minimum atomic E-state index is -2.35. The average molecular weight is 741 g/mol. The molecule has 5 saturated carbocycles. The Bertz CT molecular complexity index is 1380. The van der Waals surface area contributed by atoms with Crippen molar-refractivity contribution >= 4 is 16.6 Å². The van der Waals surface area contributed by atoms with Crippen LogP contribution in [0.4, 0.5) is 0 Å². The van der Waals surface area contributed by atoms with Gasteiger partial charge in [-0.3, -0.25) is 18.8 Å². The number of carbonyl (C=O) groups is 1. The first-order valence-electron chi connectivity index (χ1n) is 21.7. The number of fused-ring (bicyclic) bond motifs is 7. The minimum absolute atomic E-state index is 0.0309. The van der Waals surface area contributed by atoms with Crippen LogP contribution in [0.5, 0.6) is 0 Å². The highest BCUT2D eigenvalue weighted by Gasteiger charge is 2.70. The maximum absolute atomic E-state index is 12.4. The summed E-state index contributed by atoms with van der Waals surface area (Å²) in [4.78, 5) is 14.9. The molecule has 6 nitrogen and oxygen atoms in total. The predicted molar refractivity (Wildman–Crippen MR) is 216 cm³/mol. The second kappa shape index (κ2) is 14.3. The molecule has 0 amide bonds. The van der Waals surface area contributed by atoms with Crippen molar-refractivity contribution in [3.63, 3.8) is 0 Å². The first-order valence-corrected chi connectivity index (χ1v) is 23.6. The Morgan fingerprint density at radius 3 is 2.31 bits per heavy atom. The van der Waals surface area contributed by atoms with E-state index in [0.717, 1.165) is 69.6 Å². The standard InChI is InChI=1S/C45H76N2O4S/c1-9-51-40(48)33-12-10-32(11-13-33)30-34-16-19-42(6)37(41(34,4)5)18-20-44(8)38(42)15-14-36-39-35(31(2)3)17-21-45(39,23-22-43(36,44)7)46-24-25-47-26-28-52(49,50)29-27-47/h16,32-33,35-39,46,49-50H,2,9-15,17-30H2,1,3-8H3/t32?,33?,35-,36+,37-,38+,39+,42-,43+,44+,45-/m0/s1. The SMILES string of the molecule is C=C(C)[C@@H]1CC[C@]2(NCCN3CCS(O)(O)CC3)CC[C@]3(C)[C@H](CC[C@@H]4[C@@]5(C)CC=C(CC6CCC(C(=O)OCC)CC6)C(C)(C)[C@@H]5CC[C@]43C)[C@@H]12. The molecule has 6 fully saturated rings. The Hall–Kier alpha value is -0.860. The lowest BCUT2D eigenvalue weighted by molar-refractivity contribution is -0.221. The van der Waals surface area contributed by atoms with Crippen LogP contribution in [0.1, 0.15) is 138 Å². The van der Waals surface area contributed by atoms with Crippen LogP contribution in [0, 0.1) is 63.1 Å². The normalized spacial score (nSPS) is 46.1. The largest absolute Gasteiger partial charge is 0.466 e. The summed E-state index contributed by atoms with van der Waals surface area (Å²) in [5.41, 5.74) is 4.57. The number of esters is 1. The van der Waals surface area contributed by atoms with Crippen molar-refractivity contribution in [2.75, 3.05) is 44.3 Å². The van der Waals surface area contributed by atoms with Crippen LogP contribution in [0.25, 0.3) is 0 Å². The van der Waals surface area contributed by atoms with Crippen molar-refractivity contribution in [2.24, 2.45) is 63.1 Å². The number of nitrogens with one attached hydrogen (secondary N) is 1. The molecule has 0 unspecified atom stereocenters. The number of hydrogen-bond acceptors (Lipinski definition) is 6. The molecule has 0 aromatic carbocycles. The smallest absolute Gasteiger partial charge is 0.308 e. The number of rotatable bonds is 9. The van der Waals surface area contributed by atoms with Gasteiger partial charge in [0, 0.05) is 31.7 Å². The summed E-state index contributed by atoms with van der Waals surface area (Å²) in [5, 5.41) is 4.27. The number of hydrogen-bond donors (Lipinski definition) is 3.